The third kappa shape index (κ3) is 4.90. The molecule has 3 atom stereocenters. The number of aryl methyl sites for hydroxylation is 1. The number of methoxy groups -OCH3 is 1. The Balaban J connectivity index is 1.67. The number of amides is 1. The number of alkyl halides is 3. The van der Waals surface area contributed by atoms with Crippen molar-refractivity contribution in [1.82, 2.24) is 10.3 Å². The van der Waals surface area contributed by atoms with Gasteiger partial charge in [-0.25, -0.2) is 8.42 Å². The molecule has 0 radical (unpaired) electrons. The second-order valence-electron chi connectivity index (χ2n) is 9.16. The van der Waals surface area contributed by atoms with Crippen LogP contribution in [0.15, 0.2) is 41.6 Å². The number of pyridine rings is 1. The van der Waals surface area contributed by atoms with Crippen LogP contribution < -0.4 is 5.32 Å². The fourth-order valence-electron chi connectivity index (χ4n) is 4.53. The van der Waals surface area contributed by atoms with E-state index in [2.05, 4.69) is 10.3 Å². The van der Waals surface area contributed by atoms with Crippen molar-refractivity contribution >= 4 is 15.7 Å². The smallest absolute Gasteiger partial charge is 0.381 e. The van der Waals surface area contributed by atoms with Gasteiger partial charge < -0.3 is 10.1 Å². The molecule has 0 unspecified atom stereocenters. The van der Waals surface area contributed by atoms with Crippen molar-refractivity contribution in [2.24, 2.45) is 5.92 Å². The molecule has 186 valence electrons. The molecule has 0 bridgehead atoms. The van der Waals surface area contributed by atoms with Gasteiger partial charge in [-0.3, -0.25) is 9.78 Å². The van der Waals surface area contributed by atoms with Gasteiger partial charge in [0.2, 0.25) is 5.91 Å². The van der Waals surface area contributed by atoms with Gasteiger partial charge in [-0.2, -0.15) is 18.4 Å². The molecule has 0 spiro atoms. The zero-order valence-electron chi connectivity index (χ0n) is 19.1. The molecule has 2 aliphatic rings. The highest BCUT2D eigenvalue weighted by Gasteiger charge is 2.51. The SMILES string of the molecule is CO[C@@H]1C[C@H](S(=O)(=O)c2ccc(-c3cncc(C)c3)cc2C(F)(F)F)C[C@H]1C(=O)NC1(C#N)CC1. The Bertz CT molecular complexity index is 1300. The predicted molar refractivity (Wildman–Crippen MR) is 120 cm³/mol. The molecule has 4 rings (SSSR count). The lowest BCUT2D eigenvalue weighted by molar-refractivity contribution is -0.139. The summed E-state index contributed by atoms with van der Waals surface area (Å²) in [4.78, 5) is 15.9. The van der Waals surface area contributed by atoms with Gasteiger partial charge in [0.1, 0.15) is 5.54 Å². The monoisotopic (exact) mass is 507 g/mol. The minimum Gasteiger partial charge on any atom is -0.381 e. The molecule has 1 aromatic carbocycles. The van der Waals surface area contributed by atoms with Crippen molar-refractivity contribution in [1.29, 1.82) is 5.26 Å². The van der Waals surface area contributed by atoms with Crippen molar-refractivity contribution in [3.05, 3.63) is 47.8 Å². The Morgan fingerprint density at radius 3 is 2.49 bits per heavy atom. The van der Waals surface area contributed by atoms with Crippen molar-refractivity contribution < 1.29 is 31.1 Å². The number of nitrogens with one attached hydrogen (secondary N) is 1. The summed E-state index contributed by atoms with van der Waals surface area (Å²) in [5, 5.41) is 10.6. The average molecular weight is 508 g/mol. The molecule has 0 saturated heterocycles. The maximum absolute atomic E-state index is 14.0. The number of carbonyl (C=O) groups excluding carboxylic acids is 1. The molecule has 0 aliphatic heterocycles. The van der Waals surface area contributed by atoms with E-state index in [0.29, 0.717) is 18.4 Å². The van der Waals surface area contributed by atoms with Crippen LogP contribution in [-0.4, -0.2) is 43.3 Å². The maximum atomic E-state index is 14.0. The van der Waals surface area contributed by atoms with Gasteiger partial charge in [-0.15, -0.1) is 0 Å². The van der Waals surface area contributed by atoms with E-state index in [0.717, 1.165) is 17.7 Å². The third-order valence-electron chi connectivity index (χ3n) is 6.67. The summed E-state index contributed by atoms with van der Waals surface area (Å²) in [7, 11) is -3.14. The third-order valence-corrected chi connectivity index (χ3v) is 8.90. The van der Waals surface area contributed by atoms with E-state index in [1.54, 1.807) is 19.2 Å². The Kier molecular flexibility index (Phi) is 6.40. The van der Waals surface area contributed by atoms with Crippen LogP contribution in [0.4, 0.5) is 13.2 Å². The molecule has 2 fully saturated rings. The molecule has 2 aromatic rings. The van der Waals surface area contributed by atoms with Crippen LogP contribution in [-0.2, 0) is 25.5 Å². The van der Waals surface area contributed by atoms with Gasteiger partial charge in [0, 0.05) is 25.1 Å². The summed E-state index contributed by atoms with van der Waals surface area (Å²) in [6, 6.07) is 6.81. The van der Waals surface area contributed by atoms with Gasteiger partial charge in [-0.1, -0.05) is 6.07 Å². The topological polar surface area (TPSA) is 109 Å². The number of ether oxygens (including phenoxy) is 1. The number of benzene rings is 1. The summed E-state index contributed by atoms with van der Waals surface area (Å²) in [5.74, 6) is -1.41. The van der Waals surface area contributed by atoms with Crippen LogP contribution in [0.3, 0.4) is 0 Å². The Morgan fingerprint density at radius 2 is 1.91 bits per heavy atom. The summed E-state index contributed by atoms with van der Waals surface area (Å²) in [6.07, 6.45) is -2.07. The predicted octanol–water partition coefficient (Wildman–Crippen LogP) is 3.82. The molecule has 35 heavy (non-hydrogen) atoms. The highest BCUT2D eigenvalue weighted by atomic mass is 32.2. The minimum absolute atomic E-state index is 0.128. The standard InChI is InChI=1S/C24H24F3N3O4S/c1-14-7-16(12-29-11-14)15-3-4-21(19(8-15)24(25,26)27)35(32,33)17-9-18(20(10-17)34-2)22(31)30-23(13-28)5-6-23/h3-4,7-8,11-12,17-18,20H,5-6,9-10H2,1-2H3,(H,30,31)/t17-,18-,20-/m1/s1. The van der Waals surface area contributed by atoms with E-state index in [1.165, 1.54) is 19.4 Å². The number of nitriles is 1. The van der Waals surface area contributed by atoms with E-state index in [-0.39, 0.29) is 18.4 Å². The van der Waals surface area contributed by atoms with E-state index in [1.807, 2.05) is 6.07 Å². The summed E-state index contributed by atoms with van der Waals surface area (Å²) in [6.45, 7) is 1.75. The number of aromatic nitrogens is 1. The van der Waals surface area contributed by atoms with Gasteiger partial charge in [0.15, 0.2) is 9.84 Å². The van der Waals surface area contributed by atoms with Crippen molar-refractivity contribution in [3.8, 4) is 17.2 Å². The highest BCUT2D eigenvalue weighted by Crippen LogP contribution is 2.43. The number of hydrogen-bond acceptors (Lipinski definition) is 6. The van der Waals surface area contributed by atoms with Crippen LogP contribution in [0.5, 0.6) is 0 Å². The first-order valence-corrected chi connectivity index (χ1v) is 12.6. The number of hydrogen-bond donors (Lipinski definition) is 1. The van der Waals surface area contributed by atoms with Crippen LogP contribution in [0.25, 0.3) is 11.1 Å². The van der Waals surface area contributed by atoms with Crippen molar-refractivity contribution in [2.75, 3.05) is 7.11 Å². The van der Waals surface area contributed by atoms with E-state index < -0.39 is 55.2 Å². The van der Waals surface area contributed by atoms with Gasteiger partial charge in [0.05, 0.1) is 33.8 Å². The van der Waals surface area contributed by atoms with Crippen molar-refractivity contribution in [3.63, 3.8) is 0 Å². The van der Waals surface area contributed by atoms with E-state index in [4.69, 9.17) is 4.74 Å². The molecular weight excluding hydrogens is 483 g/mol. The zero-order valence-corrected chi connectivity index (χ0v) is 19.9. The quantitative estimate of drug-likeness (QED) is 0.637. The van der Waals surface area contributed by atoms with E-state index in [9.17, 15) is 31.6 Å². The lowest BCUT2D eigenvalue weighted by atomic mass is 10.0. The number of halogens is 3. The first-order chi connectivity index (χ1) is 16.4. The first kappa shape index (κ1) is 25.1. The van der Waals surface area contributed by atoms with Crippen LogP contribution in [0.1, 0.15) is 36.8 Å². The fourth-order valence-corrected chi connectivity index (χ4v) is 6.54. The zero-order chi connectivity index (χ0) is 25.6. The molecule has 1 amide bonds. The lowest BCUT2D eigenvalue weighted by Gasteiger charge is -2.19. The summed E-state index contributed by atoms with van der Waals surface area (Å²) in [5.41, 5.74) is -0.839. The lowest BCUT2D eigenvalue weighted by Crippen LogP contribution is -2.42. The molecular formula is C24H24F3N3O4S. The molecule has 2 saturated carbocycles. The molecule has 2 aliphatic carbocycles. The fraction of sp³-hybridized carbons (Fsp3) is 0.458. The van der Waals surface area contributed by atoms with Crippen LogP contribution >= 0.6 is 0 Å². The first-order valence-electron chi connectivity index (χ1n) is 11.0. The summed E-state index contributed by atoms with van der Waals surface area (Å²) >= 11 is 0. The second kappa shape index (κ2) is 8.91. The highest BCUT2D eigenvalue weighted by molar-refractivity contribution is 7.92. The number of nitrogens with zero attached hydrogens (tertiary/aromatic N) is 2. The normalized spacial score (nSPS) is 23.5. The van der Waals surface area contributed by atoms with Gasteiger partial charge >= 0.3 is 6.18 Å². The number of rotatable bonds is 6. The van der Waals surface area contributed by atoms with Gasteiger partial charge in [0.25, 0.3) is 0 Å². The maximum Gasteiger partial charge on any atom is 0.417 e. The number of carbonyl (C=O) groups is 1. The average Bonchev–Trinajstić information content (AvgIpc) is 3.43. The second-order valence-corrected chi connectivity index (χ2v) is 11.4. The van der Waals surface area contributed by atoms with Gasteiger partial charge in [-0.05, 0) is 61.9 Å². The van der Waals surface area contributed by atoms with Crippen LogP contribution in [0, 0.1) is 24.2 Å². The largest absolute Gasteiger partial charge is 0.417 e. The molecule has 1 heterocycles. The molecule has 1 N–H and O–H groups in total. The molecule has 11 heteroatoms. The molecule has 1 aromatic heterocycles. The minimum atomic E-state index is -4.92. The van der Waals surface area contributed by atoms with Crippen LogP contribution in [0.2, 0.25) is 0 Å². The molecule has 7 nitrogen and oxygen atoms in total. The Labute approximate surface area is 201 Å². The Morgan fingerprint density at radius 1 is 1.20 bits per heavy atom. The Hall–Kier alpha value is -2.97. The number of sulfone groups is 1. The van der Waals surface area contributed by atoms with Crippen molar-refractivity contribution in [2.45, 2.75) is 60.6 Å². The summed E-state index contributed by atoms with van der Waals surface area (Å²) < 4.78 is 74.3. The van der Waals surface area contributed by atoms with E-state index >= 15 is 0 Å².